The standard InChI is InChI=1S/C18H19FO/c1-11-8-12(2)17(16(19)9-11)18(20)15-10-14(15)13-6-4-3-5-7-13/h3-9,14-15,18,20H,10H2,1-2H3. The SMILES string of the molecule is Cc1cc(C)c(C(O)C2CC2c2ccccc2)c(F)c1. The number of aliphatic hydroxyl groups excluding tert-OH is 1. The van der Waals surface area contributed by atoms with E-state index in [-0.39, 0.29) is 11.7 Å². The molecule has 0 heterocycles. The molecule has 20 heavy (non-hydrogen) atoms. The highest BCUT2D eigenvalue weighted by atomic mass is 19.1. The molecule has 0 bridgehead atoms. The van der Waals surface area contributed by atoms with Crippen LogP contribution in [-0.2, 0) is 0 Å². The summed E-state index contributed by atoms with van der Waals surface area (Å²) < 4.78 is 14.1. The van der Waals surface area contributed by atoms with Crippen molar-refractivity contribution >= 4 is 0 Å². The summed E-state index contributed by atoms with van der Waals surface area (Å²) in [5, 5.41) is 10.5. The lowest BCUT2D eigenvalue weighted by molar-refractivity contribution is 0.146. The molecule has 1 aliphatic rings. The number of hydrogen-bond donors (Lipinski definition) is 1. The van der Waals surface area contributed by atoms with Crippen molar-refractivity contribution in [2.24, 2.45) is 5.92 Å². The Morgan fingerprint density at radius 1 is 1.15 bits per heavy atom. The first-order valence-corrected chi connectivity index (χ1v) is 7.07. The van der Waals surface area contributed by atoms with Crippen LogP contribution in [0.1, 0.15) is 40.7 Å². The summed E-state index contributed by atoms with van der Waals surface area (Å²) in [4.78, 5) is 0. The van der Waals surface area contributed by atoms with Gasteiger partial charge in [-0.1, -0.05) is 36.4 Å². The van der Waals surface area contributed by atoms with E-state index < -0.39 is 6.10 Å². The van der Waals surface area contributed by atoms with E-state index in [4.69, 9.17) is 0 Å². The second-order valence-corrected chi connectivity index (χ2v) is 5.84. The molecule has 3 rings (SSSR count). The quantitative estimate of drug-likeness (QED) is 0.882. The van der Waals surface area contributed by atoms with Crippen molar-refractivity contribution in [3.8, 4) is 0 Å². The van der Waals surface area contributed by atoms with Gasteiger partial charge in [0.05, 0.1) is 6.10 Å². The molecule has 0 saturated heterocycles. The van der Waals surface area contributed by atoms with Gasteiger partial charge in [-0.15, -0.1) is 0 Å². The van der Waals surface area contributed by atoms with Crippen molar-refractivity contribution in [1.82, 2.24) is 0 Å². The van der Waals surface area contributed by atoms with Crippen LogP contribution in [0.25, 0.3) is 0 Å². The van der Waals surface area contributed by atoms with Crippen molar-refractivity contribution < 1.29 is 9.50 Å². The Kier molecular flexibility index (Phi) is 3.35. The third-order valence-corrected chi connectivity index (χ3v) is 4.25. The van der Waals surface area contributed by atoms with Crippen molar-refractivity contribution in [3.63, 3.8) is 0 Å². The van der Waals surface area contributed by atoms with Crippen LogP contribution in [0.15, 0.2) is 42.5 Å². The largest absolute Gasteiger partial charge is 0.388 e. The Morgan fingerprint density at radius 2 is 1.85 bits per heavy atom. The van der Waals surface area contributed by atoms with Crippen LogP contribution in [-0.4, -0.2) is 5.11 Å². The van der Waals surface area contributed by atoms with Gasteiger partial charge in [0.1, 0.15) is 5.82 Å². The van der Waals surface area contributed by atoms with Crippen molar-refractivity contribution in [3.05, 3.63) is 70.5 Å². The van der Waals surface area contributed by atoms with Crippen LogP contribution in [0.4, 0.5) is 4.39 Å². The van der Waals surface area contributed by atoms with Gasteiger partial charge in [-0.2, -0.15) is 0 Å². The monoisotopic (exact) mass is 270 g/mol. The van der Waals surface area contributed by atoms with E-state index in [1.807, 2.05) is 38.1 Å². The fourth-order valence-electron chi connectivity index (χ4n) is 3.16. The third-order valence-electron chi connectivity index (χ3n) is 4.25. The van der Waals surface area contributed by atoms with Gasteiger partial charge in [-0.05, 0) is 54.9 Å². The molecule has 0 aromatic heterocycles. The summed E-state index contributed by atoms with van der Waals surface area (Å²) in [6.45, 7) is 3.74. The van der Waals surface area contributed by atoms with Crippen molar-refractivity contribution in [2.45, 2.75) is 32.3 Å². The number of halogens is 1. The molecule has 0 radical (unpaired) electrons. The molecule has 2 heteroatoms. The first-order valence-electron chi connectivity index (χ1n) is 7.07. The zero-order valence-corrected chi connectivity index (χ0v) is 11.8. The highest BCUT2D eigenvalue weighted by molar-refractivity contribution is 5.36. The Hall–Kier alpha value is -1.67. The normalized spacial score (nSPS) is 22.6. The molecule has 3 unspecified atom stereocenters. The molecule has 2 aromatic carbocycles. The third kappa shape index (κ3) is 2.36. The Morgan fingerprint density at radius 3 is 2.50 bits per heavy atom. The van der Waals surface area contributed by atoms with E-state index in [0.29, 0.717) is 11.5 Å². The molecular weight excluding hydrogens is 251 g/mol. The van der Waals surface area contributed by atoms with Crippen LogP contribution in [0.3, 0.4) is 0 Å². The second kappa shape index (κ2) is 5.02. The van der Waals surface area contributed by atoms with Crippen LogP contribution in [0, 0.1) is 25.6 Å². The van der Waals surface area contributed by atoms with E-state index in [2.05, 4.69) is 12.1 Å². The molecule has 1 aliphatic carbocycles. The Labute approximate surface area is 119 Å². The number of benzene rings is 2. The maximum atomic E-state index is 14.1. The van der Waals surface area contributed by atoms with Crippen LogP contribution < -0.4 is 0 Å². The minimum Gasteiger partial charge on any atom is -0.388 e. The lowest BCUT2D eigenvalue weighted by Crippen LogP contribution is -2.07. The van der Waals surface area contributed by atoms with Gasteiger partial charge in [0.15, 0.2) is 0 Å². The van der Waals surface area contributed by atoms with E-state index in [0.717, 1.165) is 17.5 Å². The average Bonchev–Trinajstić information content (AvgIpc) is 3.18. The number of hydrogen-bond acceptors (Lipinski definition) is 1. The zero-order valence-electron chi connectivity index (χ0n) is 11.8. The lowest BCUT2D eigenvalue weighted by atomic mass is 9.95. The maximum absolute atomic E-state index is 14.1. The molecule has 1 saturated carbocycles. The topological polar surface area (TPSA) is 20.2 Å². The van der Waals surface area contributed by atoms with E-state index in [1.54, 1.807) is 0 Å². The first-order chi connectivity index (χ1) is 9.58. The predicted molar refractivity (Wildman–Crippen MR) is 78.1 cm³/mol. The summed E-state index contributed by atoms with van der Waals surface area (Å²) in [7, 11) is 0. The van der Waals surface area contributed by atoms with Crippen LogP contribution in [0.2, 0.25) is 0 Å². The number of aryl methyl sites for hydroxylation is 2. The molecule has 1 nitrogen and oxygen atoms in total. The second-order valence-electron chi connectivity index (χ2n) is 5.84. The highest BCUT2D eigenvalue weighted by Gasteiger charge is 2.44. The van der Waals surface area contributed by atoms with Crippen LogP contribution in [0.5, 0.6) is 0 Å². The zero-order chi connectivity index (χ0) is 14.3. The van der Waals surface area contributed by atoms with Crippen molar-refractivity contribution in [2.75, 3.05) is 0 Å². The highest BCUT2D eigenvalue weighted by Crippen LogP contribution is 2.54. The summed E-state index contributed by atoms with van der Waals surface area (Å²) >= 11 is 0. The molecule has 0 amide bonds. The molecule has 3 atom stereocenters. The summed E-state index contributed by atoms with van der Waals surface area (Å²) in [6.07, 6.45) is 0.221. The van der Waals surface area contributed by atoms with E-state index in [9.17, 15) is 9.50 Å². The Bertz CT molecular complexity index is 598. The Balaban J connectivity index is 1.84. The first kappa shape index (κ1) is 13.3. The number of rotatable bonds is 3. The van der Waals surface area contributed by atoms with E-state index in [1.165, 1.54) is 11.6 Å². The molecule has 1 N–H and O–H groups in total. The van der Waals surface area contributed by atoms with Gasteiger partial charge >= 0.3 is 0 Å². The molecule has 2 aromatic rings. The van der Waals surface area contributed by atoms with Gasteiger partial charge < -0.3 is 5.11 Å². The summed E-state index contributed by atoms with van der Waals surface area (Å²) in [6, 6.07) is 13.6. The molecular formula is C18H19FO. The molecule has 104 valence electrons. The minimum absolute atomic E-state index is 0.133. The predicted octanol–water partition coefficient (Wildman–Crippen LogP) is 4.28. The van der Waals surface area contributed by atoms with Gasteiger partial charge in [0.25, 0.3) is 0 Å². The molecule has 0 spiro atoms. The number of aliphatic hydroxyl groups is 1. The average molecular weight is 270 g/mol. The minimum atomic E-state index is -0.708. The van der Waals surface area contributed by atoms with E-state index >= 15 is 0 Å². The van der Waals surface area contributed by atoms with Gasteiger partial charge in [-0.3, -0.25) is 0 Å². The lowest BCUT2D eigenvalue weighted by Gasteiger charge is -2.15. The van der Waals surface area contributed by atoms with Crippen LogP contribution >= 0.6 is 0 Å². The summed E-state index contributed by atoms with van der Waals surface area (Å²) in [5.74, 6) is 0.202. The van der Waals surface area contributed by atoms with Crippen molar-refractivity contribution in [1.29, 1.82) is 0 Å². The van der Waals surface area contributed by atoms with Gasteiger partial charge in [0.2, 0.25) is 0 Å². The summed E-state index contributed by atoms with van der Waals surface area (Å²) in [5.41, 5.74) is 3.45. The van der Waals surface area contributed by atoms with Gasteiger partial charge in [-0.25, -0.2) is 4.39 Å². The fraction of sp³-hybridized carbons (Fsp3) is 0.333. The maximum Gasteiger partial charge on any atom is 0.129 e. The molecule has 1 fully saturated rings. The fourth-order valence-corrected chi connectivity index (χ4v) is 3.16. The smallest absolute Gasteiger partial charge is 0.129 e. The van der Waals surface area contributed by atoms with Gasteiger partial charge in [0, 0.05) is 5.56 Å². The molecule has 0 aliphatic heterocycles.